The molecule has 1 aromatic carbocycles. The maximum Gasteiger partial charge on any atom is 0.235 e. The fourth-order valence-electron chi connectivity index (χ4n) is 3.60. The number of benzene rings is 1. The van der Waals surface area contributed by atoms with Crippen LogP contribution < -0.4 is 9.62 Å². The number of hydrogen-bond donors (Lipinski definition) is 1. The summed E-state index contributed by atoms with van der Waals surface area (Å²) in [5, 5.41) is 5.05. The lowest BCUT2D eigenvalue weighted by Crippen LogP contribution is -2.36. The van der Waals surface area contributed by atoms with Crippen LogP contribution in [0, 0.1) is 0 Å². The van der Waals surface area contributed by atoms with Crippen molar-refractivity contribution in [1.82, 2.24) is 0 Å². The van der Waals surface area contributed by atoms with Crippen LogP contribution in [0.2, 0.25) is 0 Å². The van der Waals surface area contributed by atoms with Gasteiger partial charge in [-0.05, 0) is 67.8 Å². The minimum absolute atomic E-state index is 0.0359. The summed E-state index contributed by atoms with van der Waals surface area (Å²) in [6.45, 7) is 2.19. The molecule has 0 saturated heterocycles. The normalized spacial score (nSPS) is 18.3. The van der Waals surface area contributed by atoms with Crippen LogP contribution in [-0.4, -0.2) is 26.6 Å². The smallest absolute Gasteiger partial charge is 0.235 e. The van der Waals surface area contributed by atoms with E-state index in [1.807, 2.05) is 35.7 Å². The quantitative estimate of drug-likeness (QED) is 0.849. The standard InChI is InChI=1S/C19H22N2O3S2/c1-2-26(23,24)21-11-3-5-14-13-15(7-8-16(14)21)20-18(22)19(9-10-19)17-6-4-12-25-17/h4,6-8,12-13H,2-3,5,9-11H2,1H3,(H,20,22). The van der Waals surface area contributed by atoms with Gasteiger partial charge >= 0.3 is 0 Å². The molecule has 2 heterocycles. The number of sulfonamides is 1. The Balaban J connectivity index is 1.58. The first-order valence-electron chi connectivity index (χ1n) is 8.95. The van der Waals surface area contributed by atoms with Gasteiger partial charge in [0.2, 0.25) is 15.9 Å². The predicted molar refractivity (Wildman–Crippen MR) is 105 cm³/mol. The number of thiophene rings is 1. The monoisotopic (exact) mass is 390 g/mol. The molecule has 0 atom stereocenters. The van der Waals surface area contributed by atoms with E-state index in [-0.39, 0.29) is 17.1 Å². The van der Waals surface area contributed by atoms with Crippen molar-refractivity contribution in [1.29, 1.82) is 0 Å². The Hall–Kier alpha value is -1.86. The third kappa shape index (κ3) is 2.93. The highest BCUT2D eigenvalue weighted by Gasteiger charge is 2.52. The summed E-state index contributed by atoms with van der Waals surface area (Å²) in [4.78, 5) is 13.9. The van der Waals surface area contributed by atoms with Gasteiger partial charge in [-0.3, -0.25) is 9.10 Å². The zero-order valence-corrected chi connectivity index (χ0v) is 16.3. The third-order valence-corrected chi connectivity index (χ3v) is 8.15. The molecule has 0 spiro atoms. The zero-order chi connectivity index (χ0) is 18.4. The molecule has 138 valence electrons. The van der Waals surface area contributed by atoms with Crippen LogP contribution in [0.15, 0.2) is 35.7 Å². The number of fused-ring (bicyclic) bond motifs is 1. The molecule has 1 amide bonds. The number of nitrogens with one attached hydrogen (secondary N) is 1. The number of nitrogens with zero attached hydrogens (tertiary/aromatic N) is 1. The largest absolute Gasteiger partial charge is 0.325 e. The molecule has 0 unspecified atom stereocenters. The van der Waals surface area contributed by atoms with E-state index in [0.29, 0.717) is 6.54 Å². The van der Waals surface area contributed by atoms with E-state index < -0.39 is 10.0 Å². The first kappa shape index (κ1) is 17.5. The Morgan fingerprint density at radius 3 is 2.77 bits per heavy atom. The average Bonchev–Trinajstić information content (AvgIpc) is 3.27. The van der Waals surface area contributed by atoms with E-state index in [2.05, 4.69) is 5.32 Å². The van der Waals surface area contributed by atoms with E-state index >= 15 is 0 Å². The average molecular weight is 391 g/mol. The van der Waals surface area contributed by atoms with Crippen LogP contribution in [-0.2, 0) is 26.7 Å². The van der Waals surface area contributed by atoms with Gasteiger partial charge < -0.3 is 5.32 Å². The fraction of sp³-hybridized carbons (Fsp3) is 0.421. The minimum atomic E-state index is -3.27. The Labute approximate surface area is 158 Å². The number of anilines is 2. The van der Waals surface area contributed by atoms with Crippen molar-refractivity contribution >= 4 is 38.6 Å². The summed E-state index contributed by atoms with van der Waals surface area (Å²) < 4.78 is 26.1. The Bertz CT molecular complexity index is 932. The third-order valence-electron chi connectivity index (χ3n) is 5.29. The molecule has 1 N–H and O–H groups in total. The first-order valence-corrected chi connectivity index (χ1v) is 11.4. The second kappa shape index (κ2) is 6.39. The second-order valence-electron chi connectivity index (χ2n) is 6.93. The summed E-state index contributed by atoms with van der Waals surface area (Å²) in [5.41, 5.74) is 2.09. The van der Waals surface area contributed by atoms with Crippen LogP contribution in [0.4, 0.5) is 11.4 Å². The lowest BCUT2D eigenvalue weighted by atomic mass is 10.0. The molecule has 1 aromatic heterocycles. The Kier molecular flexibility index (Phi) is 4.31. The van der Waals surface area contributed by atoms with Crippen LogP contribution >= 0.6 is 11.3 Å². The number of amides is 1. The van der Waals surface area contributed by atoms with E-state index in [4.69, 9.17) is 0 Å². The highest BCUT2D eigenvalue weighted by molar-refractivity contribution is 7.92. The molecule has 1 aliphatic heterocycles. The number of carbonyl (C=O) groups excluding carboxylic acids is 1. The predicted octanol–water partition coefficient (Wildman–Crippen LogP) is 3.52. The lowest BCUT2D eigenvalue weighted by Gasteiger charge is -2.30. The maximum atomic E-state index is 12.8. The van der Waals surface area contributed by atoms with Gasteiger partial charge in [0.25, 0.3) is 0 Å². The second-order valence-corrected chi connectivity index (χ2v) is 10.1. The van der Waals surface area contributed by atoms with Crippen molar-refractivity contribution in [3.05, 3.63) is 46.2 Å². The molecule has 26 heavy (non-hydrogen) atoms. The summed E-state index contributed by atoms with van der Waals surface area (Å²) in [5.74, 6) is 0.127. The van der Waals surface area contributed by atoms with Gasteiger partial charge in [-0.2, -0.15) is 0 Å². The van der Waals surface area contributed by atoms with Gasteiger partial charge in [0, 0.05) is 17.1 Å². The highest BCUT2D eigenvalue weighted by Crippen LogP contribution is 2.50. The lowest BCUT2D eigenvalue weighted by molar-refractivity contribution is -0.118. The summed E-state index contributed by atoms with van der Waals surface area (Å²) in [7, 11) is -3.27. The molecule has 2 aromatic rings. The van der Waals surface area contributed by atoms with E-state index in [1.54, 1.807) is 18.3 Å². The van der Waals surface area contributed by atoms with Gasteiger partial charge in [-0.25, -0.2) is 8.42 Å². The van der Waals surface area contributed by atoms with Crippen LogP contribution in [0.3, 0.4) is 0 Å². The topological polar surface area (TPSA) is 66.5 Å². The molecule has 4 rings (SSSR count). The number of carbonyl (C=O) groups is 1. The highest BCUT2D eigenvalue weighted by atomic mass is 32.2. The molecule has 0 radical (unpaired) electrons. The van der Waals surface area contributed by atoms with E-state index in [9.17, 15) is 13.2 Å². The van der Waals surface area contributed by atoms with Crippen molar-refractivity contribution in [2.24, 2.45) is 0 Å². The summed E-state index contributed by atoms with van der Waals surface area (Å²) in [6, 6.07) is 9.56. The van der Waals surface area contributed by atoms with Crippen LogP contribution in [0.1, 0.15) is 36.6 Å². The minimum Gasteiger partial charge on any atom is -0.325 e. The van der Waals surface area contributed by atoms with E-state index in [0.717, 1.165) is 47.5 Å². The van der Waals surface area contributed by atoms with Crippen LogP contribution in [0.25, 0.3) is 0 Å². The molecular weight excluding hydrogens is 368 g/mol. The van der Waals surface area contributed by atoms with Crippen molar-refractivity contribution in [3.63, 3.8) is 0 Å². The van der Waals surface area contributed by atoms with Gasteiger partial charge in [-0.15, -0.1) is 11.3 Å². The number of rotatable bonds is 5. The van der Waals surface area contributed by atoms with Crippen molar-refractivity contribution in [2.75, 3.05) is 21.9 Å². The molecule has 5 nitrogen and oxygen atoms in total. The summed E-state index contributed by atoms with van der Waals surface area (Å²) in [6.07, 6.45) is 3.38. The maximum absolute atomic E-state index is 12.8. The van der Waals surface area contributed by atoms with Crippen molar-refractivity contribution in [2.45, 2.75) is 38.0 Å². The molecule has 2 aliphatic rings. The van der Waals surface area contributed by atoms with E-state index in [1.165, 1.54) is 4.31 Å². The number of hydrogen-bond acceptors (Lipinski definition) is 4. The molecule has 1 saturated carbocycles. The molecule has 7 heteroatoms. The van der Waals surface area contributed by atoms with Gasteiger partial charge in [0.1, 0.15) is 0 Å². The van der Waals surface area contributed by atoms with Crippen LogP contribution in [0.5, 0.6) is 0 Å². The number of aryl methyl sites for hydroxylation is 1. The molecule has 0 bridgehead atoms. The molecule has 1 fully saturated rings. The SMILES string of the molecule is CCS(=O)(=O)N1CCCc2cc(NC(=O)C3(c4cccs4)CC3)ccc21. The van der Waals surface area contributed by atoms with Crippen molar-refractivity contribution < 1.29 is 13.2 Å². The first-order chi connectivity index (χ1) is 12.5. The van der Waals surface area contributed by atoms with Gasteiger partial charge in [0.05, 0.1) is 16.9 Å². The van der Waals surface area contributed by atoms with Crippen molar-refractivity contribution in [3.8, 4) is 0 Å². The molecule has 1 aliphatic carbocycles. The fourth-order valence-corrected chi connectivity index (χ4v) is 5.78. The zero-order valence-electron chi connectivity index (χ0n) is 14.7. The Morgan fingerprint density at radius 2 is 2.12 bits per heavy atom. The summed E-state index contributed by atoms with van der Waals surface area (Å²) >= 11 is 1.63. The van der Waals surface area contributed by atoms with Gasteiger partial charge in [-0.1, -0.05) is 6.07 Å². The molecular formula is C19H22N2O3S2. The Morgan fingerprint density at radius 1 is 1.31 bits per heavy atom. The van der Waals surface area contributed by atoms with Gasteiger partial charge in [0.15, 0.2) is 0 Å².